The number of hydrogen-bond donors (Lipinski definition) is 0. The predicted octanol–water partition coefficient (Wildman–Crippen LogP) is 1.94. The molecule has 0 saturated heterocycles. The molecule has 2 aromatic rings. The predicted molar refractivity (Wildman–Crippen MR) is 47.9 cm³/mol. The van der Waals surface area contributed by atoms with Crippen LogP contribution in [-0.4, -0.2) is 9.61 Å². The van der Waals surface area contributed by atoms with Crippen LogP contribution in [0, 0.1) is 3.57 Å². The Balaban J connectivity index is 2.86. The van der Waals surface area contributed by atoms with E-state index in [2.05, 4.69) is 33.8 Å². The lowest BCUT2D eigenvalue weighted by atomic mass is 10.5. The highest BCUT2D eigenvalue weighted by Gasteiger charge is 1.91. The standard InChI is InChI=1S/C7H5IN2/c8-6-4-7-2-1-3-10(7)9-5-6/h1-5H. The Morgan fingerprint density at radius 1 is 1.50 bits per heavy atom. The Morgan fingerprint density at radius 2 is 2.40 bits per heavy atom. The Labute approximate surface area is 72.0 Å². The summed E-state index contributed by atoms with van der Waals surface area (Å²) in [6, 6.07) is 6.11. The minimum atomic E-state index is 1.15. The van der Waals surface area contributed by atoms with E-state index < -0.39 is 0 Å². The average Bonchev–Trinajstić information content (AvgIpc) is 2.33. The molecule has 2 rings (SSSR count). The summed E-state index contributed by atoms with van der Waals surface area (Å²) in [5, 5.41) is 4.15. The van der Waals surface area contributed by atoms with E-state index in [0.717, 1.165) is 5.52 Å². The van der Waals surface area contributed by atoms with Gasteiger partial charge in [0.1, 0.15) is 0 Å². The first kappa shape index (κ1) is 6.15. The third kappa shape index (κ3) is 0.901. The first-order chi connectivity index (χ1) is 4.86. The molecule has 3 heteroatoms. The second kappa shape index (κ2) is 2.23. The lowest BCUT2D eigenvalue weighted by Gasteiger charge is -1.91. The molecular weight excluding hydrogens is 239 g/mol. The zero-order chi connectivity index (χ0) is 6.97. The SMILES string of the molecule is Ic1cnn2cccc2c1. The van der Waals surface area contributed by atoms with E-state index in [-0.39, 0.29) is 0 Å². The van der Waals surface area contributed by atoms with E-state index >= 15 is 0 Å². The fraction of sp³-hybridized carbons (Fsp3) is 0. The fourth-order valence-electron chi connectivity index (χ4n) is 0.901. The molecule has 50 valence electrons. The van der Waals surface area contributed by atoms with Gasteiger partial charge in [-0.3, -0.25) is 0 Å². The maximum atomic E-state index is 4.15. The lowest BCUT2D eigenvalue weighted by molar-refractivity contribution is 0.936. The number of halogens is 1. The van der Waals surface area contributed by atoms with E-state index in [1.807, 2.05) is 29.0 Å². The topological polar surface area (TPSA) is 17.3 Å². The summed E-state index contributed by atoms with van der Waals surface area (Å²) in [7, 11) is 0. The number of rotatable bonds is 0. The van der Waals surface area contributed by atoms with Crippen LogP contribution >= 0.6 is 22.6 Å². The van der Waals surface area contributed by atoms with Crippen molar-refractivity contribution < 1.29 is 0 Å². The van der Waals surface area contributed by atoms with Crippen molar-refractivity contribution in [2.45, 2.75) is 0 Å². The van der Waals surface area contributed by atoms with Crippen LogP contribution < -0.4 is 0 Å². The van der Waals surface area contributed by atoms with Crippen LogP contribution in [0.15, 0.2) is 30.6 Å². The van der Waals surface area contributed by atoms with E-state index in [1.165, 1.54) is 3.57 Å². The zero-order valence-corrected chi connectivity index (χ0v) is 7.32. The normalized spacial score (nSPS) is 10.5. The molecule has 0 spiro atoms. The molecule has 0 radical (unpaired) electrons. The van der Waals surface area contributed by atoms with Gasteiger partial charge in [0.25, 0.3) is 0 Å². The van der Waals surface area contributed by atoms with Crippen LogP contribution in [0.1, 0.15) is 0 Å². The zero-order valence-electron chi connectivity index (χ0n) is 5.16. The Bertz CT molecular complexity index is 353. The maximum absolute atomic E-state index is 4.15. The first-order valence-corrected chi connectivity index (χ1v) is 4.03. The highest BCUT2D eigenvalue weighted by molar-refractivity contribution is 14.1. The van der Waals surface area contributed by atoms with E-state index in [1.54, 1.807) is 0 Å². The maximum Gasteiger partial charge on any atom is 0.0657 e. The molecule has 0 aliphatic carbocycles. The molecule has 2 aromatic heterocycles. The summed E-state index contributed by atoms with van der Waals surface area (Å²) < 4.78 is 3.02. The van der Waals surface area contributed by atoms with Crippen LogP contribution in [0.5, 0.6) is 0 Å². The van der Waals surface area contributed by atoms with Gasteiger partial charge in [-0.15, -0.1) is 0 Å². The summed E-state index contributed by atoms with van der Waals surface area (Å²) in [4.78, 5) is 0. The van der Waals surface area contributed by atoms with Gasteiger partial charge >= 0.3 is 0 Å². The molecule has 2 nitrogen and oxygen atoms in total. The van der Waals surface area contributed by atoms with Gasteiger partial charge in [-0.25, -0.2) is 4.52 Å². The lowest BCUT2D eigenvalue weighted by Crippen LogP contribution is -1.87. The Morgan fingerprint density at radius 3 is 3.30 bits per heavy atom. The van der Waals surface area contributed by atoms with Gasteiger partial charge in [0.05, 0.1) is 11.7 Å². The van der Waals surface area contributed by atoms with Crippen LogP contribution in [0.4, 0.5) is 0 Å². The van der Waals surface area contributed by atoms with Crippen molar-refractivity contribution in [2.75, 3.05) is 0 Å². The molecule has 0 aliphatic heterocycles. The van der Waals surface area contributed by atoms with E-state index in [9.17, 15) is 0 Å². The first-order valence-electron chi connectivity index (χ1n) is 2.95. The number of hydrogen-bond acceptors (Lipinski definition) is 1. The summed E-state index contributed by atoms with van der Waals surface area (Å²) in [5.41, 5.74) is 1.15. The van der Waals surface area contributed by atoms with Crippen LogP contribution in [0.2, 0.25) is 0 Å². The summed E-state index contributed by atoms with van der Waals surface area (Å²) in [6.07, 6.45) is 3.78. The summed E-state index contributed by atoms with van der Waals surface area (Å²) in [5.74, 6) is 0. The Hall–Kier alpha value is -0.580. The number of nitrogens with zero attached hydrogens (tertiary/aromatic N) is 2. The molecule has 0 N–H and O–H groups in total. The fourth-order valence-corrected chi connectivity index (χ4v) is 1.34. The summed E-state index contributed by atoms with van der Waals surface area (Å²) in [6.45, 7) is 0. The van der Waals surface area contributed by atoms with Crippen molar-refractivity contribution in [3.63, 3.8) is 0 Å². The average molecular weight is 244 g/mol. The van der Waals surface area contributed by atoms with Gasteiger partial charge in [-0.05, 0) is 40.8 Å². The van der Waals surface area contributed by atoms with Gasteiger partial charge in [0, 0.05) is 9.77 Å². The minimum Gasteiger partial charge on any atom is -0.241 e. The summed E-state index contributed by atoms with van der Waals surface area (Å²) >= 11 is 2.25. The van der Waals surface area contributed by atoms with Crippen LogP contribution in [0.3, 0.4) is 0 Å². The second-order valence-electron chi connectivity index (χ2n) is 2.05. The van der Waals surface area contributed by atoms with Crippen LogP contribution in [-0.2, 0) is 0 Å². The molecule has 0 fully saturated rings. The molecule has 0 bridgehead atoms. The van der Waals surface area contributed by atoms with E-state index in [4.69, 9.17) is 0 Å². The molecule has 0 atom stereocenters. The molecule has 0 aromatic carbocycles. The van der Waals surface area contributed by atoms with Crippen LogP contribution in [0.25, 0.3) is 5.52 Å². The molecule has 0 saturated carbocycles. The van der Waals surface area contributed by atoms with Gasteiger partial charge in [-0.1, -0.05) is 0 Å². The van der Waals surface area contributed by atoms with Crippen molar-refractivity contribution in [1.82, 2.24) is 9.61 Å². The third-order valence-corrected chi connectivity index (χ3v) is 1.94. The number of aromatic nitrogens is 2. The van der Waals surface area contributed by atoms with Crippen molar-refractivity contribution >= 4 is 28.1 Å². The third-order valence-electron chi connectivity index (χ3n) is 1.35. The molecule has 2 heterocycles. The molecule has 0 aliphatic rings. The van der Waals surface area contributed by atoms with Crippen molar-refractivity contribution in [1.29, 1.82) is 0 Å². The van der Waals surface area contributed by atoms with Gasteiger partial charge in [-0.2, -0.15) is 5.10 Å². The monoisotopic (exact) mass is 244 g/mol. The highest BCUT2D eigenvalue weighted by Crippen LogP contribution is 2.06. The van der Waals surface area contributed by atoms with Crippen molar-refractivity contribution in [3.05, 3.63) is 34.2 Å². The van der Waals surface area contributed by atoms with E-state index in [0.29, 0.717) is 0 Å². The van der Waals surface area contributed by atoms with Crippen molar-refractivity contribution in [2.24, 2.45) is 0 Å². The quantitative estimate of drug-likeness (QED) is 0.647. The van der Waals surface area contributed by atoms with Crippen molar-refractivity contribution in [3.8, 4) is 0 Å². The highest BCUT2D eigenvalue weighted by atomic mass is 127. The minimum absolute atomic E-state index is 1.15. The smallest absolute Gasteiger partial charge is 0.0657 e. The number of fused-ring (bicyclic) bond motifs is 1. The second-order valence-corrected chi connectivity index (χ2v) is 3.30. The van der Waals surface area contributed by atoms with Gasteiger partial charge in [0.15, 0.2) is 0 Å². The molecule has 0 amide bonds. The molecular formula is C7H5IN2. The Kier molecular flexibility index (Phi) is 1.37. The van der Waals surface area contributed by atoms with Gasteiger partial charge < -0.3 is 0 Å². The van der Waals surface area contributed by atoms with Gasteiger partial charge in [0.2, 0.25) is 0 Å². The molecule has 0 unspecified atom stereocenters. The largest absolute Gasteiger partial charge is 0.241 e. The molecule has 10 heavy (non-hydrogen) atoms.